The fraction of sp³-hybridized carbons (Fsp3) is 0.636. The van der Waals surface area contributed by atoms with E-state index in [1.54, 1.807) is 19.0 Å². The highest BCUT2D eigenvalue weighted by Gasteiger charge is 2.10. The van der Waals surface area contributed by atoms with Crippen molar-refractivity contribution in [2.45, 2.75) is 32.9 Å². The van der Waals surface area contributed by atoms with Gasteiger partial charge < -0.3 is 10.2 Å². The zero-order valence-corrected chi connectivity index (χ0v) is 10.4. The molecule has 0 saturated carbocycles. The molecule has 1 atom stereocenters. The number of amides is 1. The van der Waals surface area contributed by atoms with Crippen molar-refractivity contribution in [2.75, 3.05) is 14.1 Å². The van der Waals surface area contributed by atoms with E-state index in [4.69, 9.17) is 0 Å². The molecular weight excluding hydrogens is 204 g/mol. The van der Waals surface area contributed by atoms with Gasteiger partial charge in [0.1, 0.15) is 0 Å². The van der Waals surface area contributed by atoms with Gasteiger partial charge in [0.25, 0.3) is 0 Å². The molecule has 2 N–H and O–H groups in total. The van der Waals surface area contributed by atoms with Crippen LogP contribution in [0.1, 0.15) is 24.6 Å². The number of nitrogens with zero attached hydrogens (tertiary/aromatic N) is 2. The smallest absolute Gasteiger partial charge is 0.223 e. The lowest BCUT2D eigenvalue weighted by atomic mass is 10.2. The SMILES string of the molecule is Cc1[nH]ncc1CNC(C)CC(=O)N(C)C. The number of hydrogen-bond donors (Lipinski definition) is 2. The Hall–Kier alpha value is -1.36. The Kier molecular flexibility index (Phi) is 4.49. The highest BCUT2D eigenvalue weighted by molar-refractivity contribution is 5.76. The quantitative estimate of drug-likeness (QED) is 0.773. The fourth-order valence-electron chi connectivity index (χ4n) is 1.35. The lowest BCUT2D eigenvalue weighted by Gasteiger charge is -2.16. The maximum absolute atomic E-state index is 11.4. The van der Waals surface area contributed by atoms with Gasteiger partial charge in [-0.05, 0) is 13.8 Å². The van der Waals surface area contributed by atoms with Crippen molar-refractivity contribution >= 4 is 5.91 Å². The van der Waals surface area contributed by atoms with Crippen molar-refractivity contribution in [2.24, 2.45) is 0 Å². The Morgan fingerprint density at radius 1 is 1.62 bits per heavy atom. The van der Waals surface area contributed by atoms with Gasteiger partial charge in [-0.3, -0.25) is 9.89 Å². The monoisotopic (exact) mass is 224 g/mol. The van der Waals surface area contributed by atoms with Crippen LogP contribution in [-0.2, 0) is 11.3 Å². The maximum Gasteiger partial charge on any atom is 0.223 e. The average molecular weight is 224 g/mol. The summed E-state index contributed by atoms with van der Waals surface area (Å²) >= 11 is 0. The Morgan fingerprint density at radius 3 is 2.81 bits per heavy atom. The number of aryl methyl sites for hydroxylation is 1. The second kappa shape index (κ2) is 5.65. The van der Waals surface area contributed by atoms with Crippen LogP contribution in [0, 0.1) is 6.92 Å². The Bertz CT molecular complexity index is 346. The van der Waals surface area contributed by atoms with Crippen LogP contribution < -0.4 is 5.32 Å². The molecule has 1 aromatic rings. The van der Waals surface area contributed by atoms with Crippen molar-refractivity contribution in [1.82, 2.24) is 20.4 Å². The first-order chi connectivity index (χ1) is 7.50. The number of nitrogens with one attached hydrogen (secondary N) is 2. The lowest BCUT2D eigenvalue weighted by Crippen LogP contribution is -2.33. The highest BCUT2D eigenvalue weighted by atomic mass is 16.2. The first-order valence-corrected chi connectivity index (χ1v) is 5.43. The van der Waals surface area contributed by atoms with Crippen LogP contribution in [-0.4, -0.2) is 41.1 Å². The van der Waals surface area contributed by atoms with Gasteiger partial charge >= 0.3 is 0 Å². The van der Waals surface area contributed by atoms with Crippen LogP contribution in [0.5, 0.6) is 0 Å². The number of carbonyl (C=O) groups excluding carboxylic acids is 1. The van der Waals surface area contributed by atoms with E-state index in [1.165, 1.54) is 0 Å². The summed E-state index contributed by atoms with van der Waals surface area (Å²) in [4.78, 5) is 13.1. The molecule has 1 amide bonds. The second-order valence-corrected chi connectivity index (χ2v) is 4.29. The molecule has 0 aliphatic carbocycles. The zero-order chi connectivity index (χ0) is 12.1. The van der Waals surface area contributed by atoms with Crippen LogP contribution in [0.2, 0.25) is 0 Å². The Morgan fingerprint density at radius 2 is 2.31 bits per heavy atom. The molecule has 1 heterocycles. The summed E-state index contributed by atoms with van der Waals surface area (Å²) in [6.07, 6.45) is 2.33. The van der Waals surface area contributed by atoms with Gasteiger partial charge in [-0.2, -0.15) is 5.10 Å². The van der Waals surface area contributed by atoms with Gasteiger partial charge in [0.05, 0.1) is 6.20 Å². The third-order valence-electron chi connectivity index (χ3n) is 2.55. The fourth-order valence-corrected chi connectivity index (χ4v) is 1.35. The third-order valence-corrected chi connectivity index (χ3v) is 2.55. The number of aromatic amines is 1. The van der Waals surface area contributed by atoms with E-state index in [0.717, 1.165) is 17.8 Å². The summed E-state index contributed by atoms with van der Waals surface area (Å²) in [5.41, 5.74) is 2.21. The lowest BCUT2D eigenvalue weighted by molar-refractivity contribution is -0.129. The minimum atomic E-state index is 0.143. The van der Waals surface area contributed by atoms with Crippen molar-refractivity contribution in [3.63, 3.8) is 0 Å². The van der Waals surface area contributed by atoms with Crippen molar-refractivity contribution in [3.05, 3.63) is 17.5 Å². The van der Waals surface area contributed by atoms with E-state index >= 15 is 0 Å². The molecule has 0 saturated heterocycles. The summed E-state index contributed by atoms with van der Waals surface area (Å²) in [6.45, 7) is 4.74. The molecule has 0 aromatic carbocycles. The molecule has 0 aliphatic heterocycles. The van der Waals surface area contributed by atoms with Gasteiger partial charge in [-0.1, -0.05) is 0 Å². The summed E-state index contributed by atoms with van der Waals surface area (Å²) in [6, 6.07) is 0.171. The largest absolute Gasteiger partial charge is 0.349 e. The Balaban J connectivity index is 2.33. The second-order valence-electron chi connectivity index (χ2n) is 4.29. The molecule has 1 rings (SSSR count). The third kappa shape index (κ3) is 3.66. The van der Waals surface area contributed by atoms with Gasteiger partial charge in [0.2, 0.25) is 5.91 Å². The number of carbonyl (C=O) groups is 1. The van der Waals surface area contributed by atoms with Crippen LogP contribution >= 0.6 is 0 Å². The number of H-pyrrole nitrogens is 1. The zero-order valence-electron chi connectivity index (χ0n) is 10.4. The molecule has 0 bridgehead atoms. The van der Waals surface area contributed by atoms with Gasteiger partial charge in [-0.15, -0.1) is 0 Å². The van der Waals surface area contributed by atoms with Crippen LogP contribution in [0.25, 0.3) is 0 Å². The van der Waals surface area contributed by atoms with Gasteiger partial charge in [0, 0.05) is 44.4 Å². The molecule has 16 heavy (non-hydrogen) atoms. The highest BCUT2D eigenvalue weighted by Crippen LogP contribution is 2.03. The minimum absolute atomic E-state index is 0.143. The van der Waals surface area contributed by atoms with Gasteiger partial charge in [0.15, 0.2) is 0 Å². The van der Waals surface area contributed by atoms with Crippen molar-refractivity contribution in [3.8, 4) is 0 Å². The van der Waals surface area contributed by atoms with E-state index in [2.05, 4.69) is 15.5 Å². The number of rotatable bonds is 5. The van der Waals surface area contributed by atoms with Crippen LogP contribution in [0.4, 0.5) is 0 Å². The summed E-state index contributed by atoms with van der Waals surface area (Å²) in [5.74, 6) is 0.143. The summed E-state index contributed by atoms with van der Waals surface area (Å²) in [5, 5.41) is 10.1. The minimum Gasteiger partial charge on any atom is -0.349 e. The van der Waals surface area contributed by atoms with E-state index in [0.29, 0.717) is 6.42 Å². The molecule has 0 spiro atoms. The van der Waals surface area contributed by atoms with Crippen LogP contribution in [0.3, 0.4) is 0 Å². The molecule has 1 aromatic heterocycles. The summed E-state index contributed by atoms with van der Waals surface area (Å²) < 4.78 is 0. The topological polar surface area (TPSA) is 61.0 Å². The molecule has 1 unspecified atom stereocenters. The molecule has 5 heteroatoms. The first kappa shape index (κ1) is 12.7. The summed E-state index contributed by atoms with van der Waals surface area (Å²) in [7, 11) is 3.55. The maximum atomic E-state index is 11.4. The number of aromatic nitrogens is 2. The standard InChI is InChI=1S/C11H20N4O/c1-8(5-11(16)15(3)4)12-6-10-7-13-14-9(10)2/h7-8,12H,5-6H2,1-4H3,(H,13,14). The Labute approximate surface area is 96.2 Å². The van der Waals surface area contributed by atoms with E-state index < -0.39 is 0 Å². The van der Waals surface area contributed by atoms with E-state index in [9.17, 15) is 4.79 Å². The molecule has 90 valence electrons. The van der Waals surface area contributed by atoms with Crippen molar-refractivity contribution < 1.29 is 4.79 Å². The average Bonchev–Trinajstić information content (AvgIpc) is 2.61. The van der Waals surface area contributed by atoms with Gasteiger partial charge in [-0.25, -0.2) is 0 Å². The predicted molar refractivity (Wildman–Crippen MR) is 62.9 cm³/mol. The predicted octanol–water partition coefficient (Wildman–Crippen LogP) is 0.675. The molecule has 0 radical (unpaired) electrons. The van der Waals surface area contributed by atoms with E-state index in [-0.39, 0.29) is 11.9 Å². The van der Waals surface area contributed by atoms with Crippen molar-refractivity contribution in [1.29, 1.82) is 0 Å². The molecule has 5 nitrogen and oxygen atoms in total. The first-order valence-electron chi connectivity index (χ1n) is 5.43. The normalized spacial score (nSPS) is 12.5. The number of hydrogen-bond acceptors (Lipinski definition) is 3. The van der Waals surface area contributed by atoms with E-state index in [1.807, 2.05) is 20.0 Å². The molecular formula is C11H20N4O. The molecule has 0 aliphatic rings. The molecule has 0 fully saturated rings. The van der Waals surface area contributed by atoms with Crippen LogP contribution in [0.15, 0.2) is 6.20 Å².